The number of aliphatic hydroxyl groups is 1. The number of nitrogens with one attached hydrogen (secondary N) is 2. The van der Waals surface area contributed by atoms with Crippen LogP contribution >= 0.6 is 11.3 Å². The van der Waals surface area contributed by atoms with Crippen molar-refractivity contribution in [1.29, 1.82) is 0 Å². The number of pyridine rings is 1. The zero-order valence-electron chi connectivity index (χ0n) is 20.3. The Bertz CT molecular complexity index is 1220. The van der Waals surface area contributed by atoms with E-state index in [1.807, 2.05) is 0 Å². The van der Waals surface area contributed by atoms with Crippen molar-refractivity contribution in [3.05, 3.63) is 28.5 Å². The number of aliphatic hydroxyl groups excluding tert-OH is 1. The highest BCUT2D eigenvalue weighted by Gasteiger charge is 2.44. The van der Waals surface area contributed by atoms with E-state index in [0.717, 1.165) is 56.2 Å². The number of fused-ring (bicyclic) bond motifs is 2. The van der Waals surface area contributed by atoms with Crippen molar-refractivity contribution in [2.45, 2.75) is 88.3 Å². The number of rotatable bonds is 7. The highest BCUT2D eigenvalue weighted by Crippen LogP contribution is 2.42. The Labute approximate surface area is 218 Å². The molecule has 3 aliphatic rings. The number of carbonyl (C=O) groups excluding carboxylic acids is 2. The molecule has 2 amide bonds. The summed E-state index contributed by atoms with van der Waals surface area (Å²) in [5.74, 6) is -1.52. The van der Waals surface area contributed by atoms with Crippen LogP contribution in [0.25, 0.3) is 10.4 Å². The molecule has 5 rings (SSSR count). The Kier molecular flexibility index (Phi) is 7.05. The van der Waals surface area contributed by atoms with E-state index < -0.39 is 54.0 Å². The minimum Gasteiger partial charge on any atom is -0.391 e. The van der Waals surface area contributed by atoms with Gasteiger partial charge in [-0.2, -0.15) is 13.2 Å². The molecule has 3 fully saturated rings. The summed E-state index contributed by atoms with van der Waals surface area (Å²) in [6.07, 6.45) is -3.05. The van der Waals surface area contributed by atoms with Gasteiger partial charge in [0.25, 0.3) is 18.2 Å². The maximum Gasteiger partial charge on any atom is 0.408 e. The second-order valence-corrected chi connectivity index (χ2v) is 11.0. The molecule has 0 spiro atoms. The first kappa shape index (κ1) is 26.7. The molecule has 2 bridgehead atoms. The summed E-state index contributed by atoms with van der Waals surface area (Å²) in [7, 11) is 0. The lowest BCUT2D eigenvalue weighted by atomic mass is 9.89. The number of alkyl halides is 5. The molecule has 2 saturated heterocycles. The molecule has 14 heteroatoms. The van der Waals surface area contributed by atoms with E-state index in [2.05, 4.69) is 20.6 Å². The first-order chi connectivity index (χ1) is 17.9. The van der Waals surface area contributed by atoms with Gasteiger partial charge in [-0.15, -0.1) is 11.3 Å². The molecule has 8 nitrogen and oxygen atoms in total. The number of thiazole rings is 1. The standard InChI is InChI=1S/C24H26F5N5O3S/c1-10(24(27,28)29)31-17-8-13(20(25)26)14(9-30-17)19-18(23(37)34-11-2-3-12(34)5-4-11)33-22(38-19)21(36)32-15-6-7-16(15)35/h8-12,15-16,20,35H,2-7H2,1H3,(H,30,31)(H,32,36). The van der Waals surface area contributed by atoms with E-state index in [-0.39, 0.29) is 33.2 Å². The Hall–Kier alpha value is -2.87. The number of carbonyl (C=O) groups is 2. The summed E-state index contributed by atoms with van der Waals surface area (Å²) < 4.78 is 67.3. The van der Waals surface area contributed by atoms with Crippen molar-refractivity contribution < 1.29 is 36.6 Å². The molecule has 3 N–H and O–H groups in total. The molecule has 2 aromatic heterocycles. The van der Waals surface area contributed by atoms with Crippen LogP contribution in [0.1, 0.15) is 77.7 Å². The molecular formula is C24H26F5N5O3S. The first-order valence-electron chi connectivity index (χ1n) is 12.4. The molecule has 3 unspecified atom stereocenters. The topological polar surface area (TPSA) is 107 Å². The van der Waals surface area contributed by atoms with E-state index in [9.17, 15) is 36.6 Å². The number of aromatic nitrogens is 2. The smallest absolute Gasteiger partial charge is 0.391 e. The largest absolute Gasteiger partial charge is 0.408 e. The highest BCUT2D eigenvalue weighted by atomic mass is 32.1. The fraction of sp³-hybridized carbons (Fsp3) is 0.583. The number of anilines is 1. The van der Waals surface area contributed by atoms with E-state index in [0.29, 0.717) is 12.8 Å². The SMILES string of the molecule is CC(Nc1cc(C(F)F)c(-c2sc(C(=O)NC3CCC3O)nc2C(=O)N2C3CCC2CC3)cn1)C(F)(F)F. The monoisotopic (exact) mass is 559 g/mol. The Morgan fingerprint density at radius 2 is 1.79 bits per heavy atom. The second-order valence-electron chi connectivity index (χ2n) is 9.96. The first-order valence-corrected chi connectivity index (χ1v) is 13.2. The minimum absolute atomic E-state index is 0.00109. The van der Waals surface area contributed by atoms with Crippen LogP contribution in [0.2, 0.25) is 0 Å². The highest BCUT2D eigenvalue weighted by molar-refractivity contribution is 7.17. The van der Waals surface area contributed by atoms with Crippen molar-refractivity contribution in [3.63, 3.8) is 0 Å². The van der Waals surface area contributed by atoms with Crippen LogP contribution in [0.15, 0.2) is 12.3 Å². The zero-order chi connectivity index (χ0) is 27.4. The summed E-state index contributed by atoms with van der Waals surface area (Å²) in [6.45, 7) is 0.839. The number of hydrogen-bond donors (Lipinski definition) is 3. The zero-order valence-corrected chi connectivity index (χ0v) is 21.1. The van der Waals surface area contributed by atoms with Gasteiger partial charge in [-0.1, -0.05) is 0 Å². The molecule has 0 aromatic carbocycles. The van der Waals surface area contributed by atoms with Gasteiger partial charge >= 0.3 is 6.18 Å². The van der Waals surface area contributed by atoms with E-state index in [4.69, 9.17) is 0 Å². The van der Waals surface area contributed by atoms with Crippen molar-refractivity contribution in [2.24, 2.45) is 0 Å². The Morgan fingerprint density at radius 1 is 1.13 bits per heavy atom. The van der Waals surface area contributed by atoms with Crippen LogP contribution in [0.3, 0.4) is 0 Å². The molecule has 206 valence electrons. The third-order valence-corrected chi connectivity index (χ3v) is 8.62. The minimum atomic E-state index is -4.62. The third-order valence-electron chi connectivity index (χ3n) is 7.54. The molecule has 1 saturated carbocycles. The Balaban J connectivity index is 1.53. The van der Waals surface area contributed by atoms with E-state index in [1.165, 1.54) is 0 Å². The van der Waals surface area contributed by atoms with Gasteiger partial charge in [-0.3, -0.25) is 9.59 Å². The lowest BCUT2D eigenvalue weighted by Crippen LogP contribution is -2.50. The Morgan fingerprint density at radius 3 is 2.32 bits per heavy atom. The summed E-state index contributed by atoms with van der Waals surface area (Å²) in [4.78, 5) is 36.4. The lowest BCUT2D eigenvalue weighted by Gasteiger charge is -2.32. The fourth-order valence-electron chi connectivity index (χ4n) is 5.22. The van der Waals surface area contributed by atoms with Crippen LogP contribution < -0.4 is 10.6 Å². The van der Waals surface area contributed by atoms with Crippen molar-refractivity contribution in [2.75, 3.05) is 5.32 Å². The molecule has 38 heavy (non-hydrogen) atoms. The van der Waals surface area contributed by atoms with Crippen LogP contribution in [-0.2, 0) is 0 Å². The number of halogens is 5. The van der Waals surface area contributed by atoms with Gasteiger partial charge < -0.3 is 20.6 Å². The van der Waals surface area contributed by atoms with Crippen molar-refractivity contribution >= 4 is 29.0 Å². The summed E-state index contributed by atoms with van der Waals surface area (Å²) in [5, 5.41) is 14.4. The predicted molar refractivity (Wildman–Crippen MR) is 128 cm³/mol. The third kappa shape index (κ3) is 4.95. The van der Waals surface area contributed by atoms with Crippen LogP contribution in [-0.4, -0.2) is 68.2 Å². The molecule has 0 radical (unpaired) electrons. The number of amides is 2. The average Bonchev–Trinajstić information content (AvgIpc) is 3.60. The summed E-state index contributed by atoms with van der Waals surface area (Å²) in [5.41, 5.74) is -0.984. The molecule has 1 aliphatic carbocycles. The molecular weight excluding hydrogens is 533 g/mol. The maximum absolute atomic E-state index is 14.2. The van der Waals surface area contributed by atoms with Gasteiger partial charge in [0.1, 0.15) is 17.6 Å². The van der Waals surface area contributed by atoms with Gasteiger partial charge in [0.15, 0.2) is 5.01 Å². The van der Waals surface area contributed by atoms with Crippen LogP contribution in [0.4, 0.5) is 27.8 Å². The molecule has 2 aromatic rings. The van der Waals surface area contributed by atoms with Gasteiger partial charge in [0.2, 0.25) is 0 Å². The molecule has 3 atom stereocenters. The number of nitrogens with zero attached hydrogens (tertiary/aromatic N) is 3. The maximum atomic E-state index is 14.2. The van der Waals surface area contributed by atoms with Gasteiger partial charge in [-0.25, -0.2) is 18.7 Å². The lowest BCUT2D eigenvalue weighted by molar-refractivity contribution is -0.138. The van der Waals surface area contributed by atoms with Crippen LogP contribution in [0.5, 0.6) is 0 Å². The van der Waals surface area contributed by atoms with Crippen molar-refractivity contribution in [3.8, 4) is 10.4 Å². The van der Waals surface area contributed by atoms with Crippen LogP contribution in [0, 0.1) is 0 Å². The quantitative estimate of drug-likeness (QED) is 0.431. The predicted octanol–water partition coefficient (Wildman–Crippen LogP) is 4.53. The molecule has 4 heterocycles. The van der Waals surface area contributed by atoms with E-state index in [1.54, 1.807) is 4.90 Å². The molecule has 2 aliphatic heterocycles. The average molecular weight is 560 g/mol. The summed E-state index contributed by atoms with van der Waals surface area (Å²) >= 11 is 0.738. The van der Waals surface area contributed by atoms with Crippen molar-refractivity contribution in [1.82, 2.24) is 20.2 Å². The second kappa shape index (κ2) is 10.0. The summed E-state index contributed by atoms with van der Waals surface area (Å²) in [6, 6.07) is -1.67. The number of hydrogen-bond acceptors (Lipinski definition) is 7. The van der Waals surface area contributed by atoms with Gasteiger partial charge in [0, 0.05) is 29.4 Å². The normalized spacial score (nSPS) is 25.4. The fourth-order valence-corrected chi connectivity index (χ4v) is 6.21. The van der Waals surface area contributed by atoms with Gasteiger partial charge in [0.05, 0.1) is 17.0 Å². The van der Waals surface area contributed by atoms with Gasteiger partial charge in [-0.05, 0) is 51.5 Å². The van der Waals surface area contributed by atoms with E-state index >= 15 is 0 Å².